The van der Waals surface area contributed by atoms with E-state index < -0.39 is 0 Å². The number of likely N-dealkylation sites (N-methyl/N-ethyl adjacent to an activating group) is 1. The van der Waals surface area contributed by atoms with Crippen LogP contribution < -0.4 is 4.74 Å². The molecular weight excluding hydrogens is 310 g/mol. The van der Waals surface area contributed by atoms with Crippen molar-refractivity contribution in [1.29, 1.82) is 0 Å². The van der Waals surface area contributed by atoms with Gasteiger partial charge in [0.2, 0.25) is 0 Å². The van der Waals surface area contributed by atoms with Crippen molar-refractivity contribution in [3.63, 3.8) is 0 Å². The van der Waals surface area contributed by atoms with Gasteiger partial charge < -0.3 is 9.15 Å². The highest BCUT2D eigenvalue weighted by molar-refractivity contribution is 5.28. The quantitative estimate of drug-likeness (QED) is 0.672. The van der Waals surface area contributed by atoms with E-state index in [-0.39, 0.29) is 5.41 Å². The molecule has 0 N–H and O–H groups in total. The van der Waals surface area contributed by atoms with E-state index in [0.717, 1.165) is 24.6 Å². The first kappa shape index (κ1) is 18.9. The molecule has 0 fully saturated rings. The van der Waals surface area contributed by atoms with Crippen molar-refractivity contribution in [2.45, 2.75) is 33.9 Å². The van der Waals surface area contributed by atoms with Crippen molar-refractivity contribution in [3.05, 3.63) is 66.1 Å². The van der Waals surface area contributed by atoms with Gasteiger partial charge in [0.1, 0.15) is 18.1 Å². The number of rotatable bonds is 7. The lowest BCUT2D eigenvalue weighted by Crippen LogP contribution is -2.17. The Morgan fingerprint density at radius 1 is 1.20 bits per heavy atom. The molecule has 2 rings (SSSR count). The van der Waals surface area contributed by atoms with Gasteiger partial charge in [-0.1, -0.05) is 30.0 Å². The van der Waals surface area contributed by atoms with Crippen molar-refractivity contribution in [1.82, 2.24) is 4.90 Å². The highest BCUT2D eigenvalue weighted by Crippen LogP contribution is 2.16. The molecule has 132 valence electrons. The topological polar surface area (TPSA) is 25.6 Å². The third kappa shape index (κ3) is 7.78. The van der Waals surface area contributed by atoms with E-state index in [4.69, 9.17) is 9.15 Å². The van der Waals surface area contributed by atoms with Gasteiger partial charge in [0.15, 0.2) is 0 Å². The summed E-state index contributed by atoms with van der Waals surface area (Å²) in [6.45, 7) is 8.50. The minimum Gasteiger partial charge on any atom is -0.486 e. The molecule has 0 saturated carbocycles. The second-order valence-electron chi connectivity index (χ2n) is 7.13. The van der Waals surface area contributed by atoms with Crippen LogP contribution in [0.5, 0.6) is 5.75 Å². The maximum Gasteiger partial charge on any atom is 0.146 e. The second-order valence-corrected chi connectivity index (χ2v) is 7.13. The van der Waals surface area contributed by atoms with Gasteiger partial charge in [0, 0.05) is 18.5 Å². The van der Waals surface area contributed by atoms with Gasteiger partial charge in [0.25, 0.3) is 0 Å². The predicted molar refractivity (Wildman–Crippen MR) is 102 cm³/mol. The van der Waals surface area contributed by atoms with Crippen LogP contribution in [-0.4, -0.2) is 18.5 Å². The normalized spacial score (nSPS) is 11.6. The minimum atomic E-state index is 0.0479. The fourth-order valence-corrected chi connectivity index (χ4v) is 2.21. The lowest BCUT2D eigenvalue weighted by Gasteiger charge is -2.15. The molecule has 3 nitrogen and oxygen atoms in total. The molecule has 2 aromatic rings. The first-order valence-corrected chi connectivity index (χ1v) is 8.53. The Labute approximate surface area is 151 Å². The average molecular weight is 337 g/mol. The summed E-state index contributed by atoms with van der Waals surface area (Å²) >= 11 is 0. The minimum absolute atomic E-state index is 0.0479. The van der Waals surface area contributed by atoms with Gasteiger partial charge in [-0.2, -0.15) is 0 Å². The van der Waals surface area contributed by atoms with Crippen LogP contribution in [-0.2, 0) is 13.2 Å². The summed E-state index contributed by atoms with van der Waals surface area (Å²) in [6.07, 6.45) is 5.68. The van der Waals surface area contributed by atoms with Crippen molar-refractivity contribution >= 4 is 0 Å². The molecule has 0 saturated heterocycles. The first-order chi connectivity index (χ1) is 11.9. The molecule has 0 aliphatic heterocycles. The Hall–Kier alpha value is -2.44. The van der Waals surface area contributed by atoms with Gasteiger partial charge in [-0.05, 0) is 63.7 Å². The summed E-state index contributed by atoms with van der Waals surface area (Å²) < 4.78 is 11.1. The van der Waals surface area contributed by atoms with Crippen LogP contribution in [0.4, 0.5) is 0 Å². The summed E-state index contributed by atoms with van der Waals surface area (Å²) in [5, 5.41) is 0. The molecule has 0 atom stereocenters. The van der Waals surface area contributed by atoms with E-state index >= 15 is 0 Å². The van der Waals surface area contributed by atoms with Crippen LogP contribution in [0.3, 0.4) is 0 Å². The summed E-state index contributed by atoms with van der Waals surface area (Å²) in [7, 11) is 2.10. The van der Waals surface area contributed by atoms with Crippen LogP contribution in [0.15, 0.2) is 59.2 Å². The van der Waals surface area contributed by atoms with E-state index in [2.05, 4.69) is 62.8 Å². The smallest absolute Gasteiger partial charge is 0.146 e. The zero-order valence-electron chi connectivity index (χ0n) is 15.6. The van der Waals surface area contributed by atoms with Gasteiger partial charge in [-0.15, -0.1) is 0 Å². The number of nitrogens with zero attached hydrogens (tertiary/aromatic N) is 1. The monoisotopic (exact) mass is 337 g/mol. The van der Waals surface area contributed by atoms with E-state index in [0.29, 0.717) is 6.61 Å². The SMILES string of the molecule is CN(C/C=C/C#CC(C)(C)C)Cc1cccc(OCc2ccco2)c1. The first-order valence-electron chi connectivity index (χ1n) is 8.53. The Kier molecular flexibility index (Phi) is 6.91. The Morgan fingerprint density at radius 3 is 2.76 bits per heavy atom. The van der Waals surface area contributed by atoms with Gasteiger partial charge in [-0.3, -0.25) is 4.90 Å². The number of allylic oxidation sites excluding steroid dienone is 1. The predicted octanol–water partition coefficient (Wildman–Crippen LogP) is 4.90. The number of ether oxygens (including phenoxy) is 1. The van der Waals surface area contributed by atoms with Crippen LogP contribution in [0, 0.1) is 17.3 Å². The molecular formula is C22H27NO2. The van der Waals surface area contributed by atoms with Gasteiger partial charge in [-0.25, -0.2) is 0 Å². The van der Waals surface area contributed by atoms with Crippen LogP contribution in [0.1, 0.15) is 32.1 Å². The summed E-state index contributed by atoms with van der Waals surface area (Å²) in [6, 6.07) is 11.9. The molecule has 1 aromatic carbocycles. The molecule has 1 heterocycles. The fourth-order valence-electron chi connectivity index (χ4n) is 2.21. The average Bonchev–Trinajstić information content (AvgIpc) is 3.05. The third-order valence-electron chi connectivity index (χ3n) is 3.38. The molecule has 3 heteroatoms. The maximum absolute atomic E-state index is 5.77. The Bertz CT molecular complexity index is 727. The molecule has 0 aliphatic carbocycles. The summed E-state index contributed by atoms with van der Waals surface area (Å²) in [5.74, 6) is 7.98. The summed E-state index contributed by atoms with van der Waals surface area (Å²) in [5.41, 5.74) is 1.26. The van der Waals surface area contributed by atoms with Crippen LogP contribution in [0.25, 0.3) is 0 Å². The maximum atomic E-state index is 5.77. The third-order valence-corrected chi connectivity index (χ3v) is 3.38. The Balaban J connectivity index is 1.81. The molecule has 25 heavy (non-hydrogen) atoms. The van der Waals surface area contributed by atoms with Crippen molar-refractivity contribution < 1.29 is 9.15 Å². The number of furan rings is 1. The molecule has 0 bridgehead atoms. The van der Waals surface area contributed by atoms with E-state index in [1.165, 1.54) is 5.56 Å². The van der Waals surface area contributed by atoms with Crippen molar-refractivity contribution in [3.8, 4) is 17.6 Å². The van der Waals surface area contributed by atoms with Crippen LogP contribution >= 0.6 is 0 Å². The summed E-state index contributed by atoms with van der Waals surface area (Å²) in [4.78, 5) is 2.24. The lowest BCUT2D eigenvalue weighted by molar-refractivity contribution is 0.269. The second kappa shape index (κ2) is 9.15. The van der Waals surface area contributed by atoms with Gasteiger partial charge >= 0.3 is 0 Å². The van der Waals surface area contributed by atoms with Crippen molar-refractivity contribution in [2.75, 3.05) is 13.6 Å². The molecule has 0 spiro atoms. The Morgan fingerprint density at radius 2 is 2.04 bits per heavy atom. The van der Waals surface area contributed by atoms with E-state index in [9.17, 15) is 0 Å². The largest absolute Gasteiger partial charge is 0.486 e. The number of benzene rings is 1. The lowest BCUT2D eigenvalue weighted by atomic mass is 9.98. The molecule has 0 amide bonds. The standard InChI is InChI=1S/C22H27NO2/c1-22(2,3)13-6-5-7-14-23(4)17-19-10-8-11-20(16-19)25-18-21-12-9-15-24-21/h5,7-12,15-16H,14,17-18H2,1-4H3/b7-5+. The number of hydrogen-bond acceptors (Lipinski definition) is 3. The zero-order valence-corrected chi connectivity index (χ0v) is 15.6. The molecule has 1 aromatic heterocycles. The van der Waals surface area contributed by atoms with Crippen LogP contribution in [0.2, 0.25) is 0 Å². The number of hydrogen-bond donors (Lipinski definition) is 0. The highest BCUT2D eigenvalue weighted by Gasteiger charge is 2.03. The zero-order chi connectivity index (χ0) is 18.1. The fraction of sp³-hybridized carbons (Fsp3) is 0.364. The molecule has 0 aliphatic rings. The van der Waals surface area contributed by atoms with E-state index in [1.54, 1.807) is 6.26 Å². The van der Waals surface area contributed by atoms with Gasteiger partial charge in [0.05, 0.1) is 6.26 Å². The molecule has 0 radical (unpaired) electrons. The van der Waals surface area contributed by atoms with E-state index in [1.807, 2.05) is 30.3 Å². The highest BCUT2D eigenvalue weighted by atomic mass is 16.5. The van der Waals surface area contributed by atoms with Crippen molar-refractivity contribution in [2.24, 2.45) is 5.41 Å². The molecule has 0 unspecified atom stereocenters.